The van der Waals surface area contributed by atoms with Crippen LogP contribution in [0.25, 0.3) is 0 Å². The average Bonchev–Trinajstić information content (AvgIpc) is 2.89. The van der Waals surface area contributed by atoms with Crippen LogP contribution in [-0.4, -0.2) is 11.3 Å². The Kier molecular flexibility index (Phi) is 3.39. The predicted octanol–water partition coefficient (Wildman–Crippen LogP) is 2.90. The van der Waals surface area contributed by atoms with Crippen LogP contribution in [0.1, 0.15) is 58.8 Å². The molecule has 92 valence electrons. The fourth-order valence-electron chi connectivity index (χ4n) is 3.71. The van der Waals surface area contributed by atoms with Gasteiger partial charge in [0.2, 0.25) is 0 Å². The number of hydrogen-bond acceptors (Lipinski definition) is 2. The molecule has 2 heteroatoms. The van der Waals surface area contributed by atoms with Gasteiger partial charge in [-0.05, 0) is 49.9 Å². The maximum Gasteiger partial charge on any atom is 0.152 e. The van der Waals surface area contributed by atoms with E-state index in [1.807, 2.05) is 13.8 Å². The molecule has 0 aliphatic heterocycles. The Morgan fingerprint density at radius 1 is 1.25 bits per heavy atom. The first-order valence-corrected chi connectivity index (χ1v) is 6.91. The lowest BCUT2D eigenvalue weighted by atomic mass is 9.79. The highest BCUT2D eigenvalue weighted by molar-refractivity contribution is 5.88. The van der Waals surface area contributed by atoms with Gasteiger partial charge in [-0.15, -0.1) is 0 Å². The van der Waals surface area contributed by atoms with Gasteiger partial charge >= 0.3 is 0 Å². The van der Waals surface area contributed by atoms with Crippen molar-refractivity contribution in [3.8, 4) is 0 Å². The van der Waals surface area contributed by atoms with Crippen molar-refractivity contribution in [1.29, 1.82) is 0 Å². The van der Waals surface area contributed by atoms with E-state index < -0.39 is 5.54 Å². The predicted molar refractivity (Wildman–Crippen MR) is 66.1 cm³/mol. The zero-order chi connectivity index (χ0) is 11.8. The molecule has 0 aromatic rings. The summed E-state index contributed by atoms with van der Waals surface area (Å²) >= 11 is 0. The highest BCUT2D eigenvalue weighted by Crippen LogP contribution is 2.49. The first kappa shape index (κ1) is 12.1. The molecule has 0 amide bonds. The van der Waals surface area contributed by atoms with E-state index in [1.165, 1.54) is 25.7 Å². The molecule has 3 unspecified atom stereocenters. The minimum Gasteiger partial charge on any atom is -0.319 e. The van der Waals surface area contributed by atoms with Gasteiger partial charge in [-0.2, -0.15) is 0 Å². The van der Waals surface area contributed by atoms with E-state index in [2.05, 4.69) is 0 Å². The van der Waals surface area contributed by atoms with Crippen LogP contribution >= 0.6 is 0 Å². The second-order valence-corrected chi connectivity index (χ2v) is 5.93. The fraction of sp³-hybridized carbons (Fsp3) is 0.929. The second kappa shape index (κ2) is 4.48. The third kappa shape index (κ3) is 2.04. The number of nitrogens with two attached hydrogens (primary N) is 1. The number of fused-ring (bicyclic) bond motifs is 2. The molecule has 0 aromatic carbocycles. The maximum absolute atomic E-state index is 12.2. The molecule has 0 heterocycles. The summed E-state index contributed by atoms with van der Waals surface area (Å²) in [6.07, 6.45) is 7.75. The summed E-state index contributed by atoms with van der Waals surface area (Å²) < 4.78 is 0. The molecular weight excluding hydrogens is 198 g/mol. The number of carbonyl (C=O) groups is 1. The third-order valence-electron chi connectivity index (χ3n) is 5.15. The molecule has 2 aliphatic rings. The van der Waals surface area contributed by atoms with E-state index >= 15 is 0 Å². The molecule has 0 saturated heterocycles. The SMILES string of the molecule is CCC(N)(CC)C(=O)CC1CC2CCC1C2. The van der Waals surface area contributed by atoms with Crippen LogP contribution in [0, 0.1) is 17.8 Å². The number of rotatable bonds is 5. The Morgan fingerprint density at radius 3 is 2.38 bits per heavy atom. The molecule has 16 heavy (non-hydrogen) atoms. The zero-order valence-corrected chi connectivity index (χ0v) is 10.7. The highest BCUT2D eigenvalue weighted by Gasteiger charge is 2.42. The average molecular weight is 223 g/mol. The van der Waals surface area contributed by atoms with Crippen molar-refractivity contribution in [2.24, 2.45) is 23.5 Å². The van der Waals surface area contributed by atoms with Crippen molar-refractivity contribution in [3.63, 3.8) is 0 Å². The van der Waals surface area contributed by atoms with Crippen molar-refractivity contribution in [2.75, 3.05) is 0 Å². The number of carbonyl (C=O) groups excluding carboxylic acids is 1. The monoisotopic (exact) mass is 223 g/mol. The summed E-state index contributed by atoms with van der Waals surface area (Å²) in [6.45, 7) is 4.06. The highest BCUT2D eigenvalue weighted by atomic mass is 16.1. The molecule has 2 saturated carbocycles. The summed E-state index contributed by atoms with van der Waals surface area (Å²) in [4.78, 5) is 12.2. The van der Waals surface area contributed by atoms with Gasteiger partial charge in [-0.25, -0.2) is 0 Å². The molecule has 2 bridgehead atoms. The Labute approximate surface area is 99.0 Å². The number of Topliss-reactive ketones (excluding diaryl/α,β-unsaturated/α-hetero) is 1. The van der Waals surface area contributed by atoms with Crippen LogP contribution in [0.15, 0.2) is 0 Å². The van der Waals surface area contributed by atoms with Gasteiger partial charge in [0, 0.05) is 6.42 Å². The standard InChI is InChI=1S/C14H25NO/c1-3-14(15,4-2)13(16)9-12-8-10-5-6-11(12)7-10/h10-12H,3-9,15H2,1-2H3. The summed E-state index contributed by atoms with van der Waals surface area (Å²) in [5, 5.41) is 0. The second-order valence-electron chi connectivity index (χ2n) is 5.93. The smallest absolute Gasteiger partial charge is 0.152 e. The summed E-state index contributed by atoms with van der Waals surface area (Å²) in [6, 6.07) is 0. The van der Waals surface area contributed by atoms with Gasteiger partial charge in [0.15, 0.2) is 5.78 Å². The van der Waals surface area contributed by atoms with Crippen molar-refractivity contribution in [3.05, 3.63) is 0 Å². The van der Waals surface area contributed by atoms with E-state index in [1.54, 1.807) is 0 Å². The Hall–Kier alpha value is -0.370. The van der Waals surface area contributed by atoms with Crippen molar-refractivity contribution >= 4 is 5.78 Å². The first-order chi connectivity index (χ1) is 7.59. The molecule has 2 fully saturated rings. The van der Waals surface area contributed by atoms with E-state index in [9.17, 15) is 4.79 Å². The van der Waals surface area contributed by atoms with Crippen molar-refractivity contribution in [2.45, 2.75) is 64.3 Å². The van der Waals surface area contributed by atoms with Crippen molar-refractivity contribution < 1.29 is 4.79 Å². The molecule has 0 aromatic heterocycles. The minimum absolute atomic E-state index is 0.315. The Morgan fingerprint density at radius 2 is 1.94 bits per heavy atom. The van der Waals surface area contributed by atoms with Gasteiger partial charge in [0.05, 0.1) is 5.54 Å². The van der Waals surface area contributed by atoms with E-state index in [0.29, 0.717) is 11.7 Å². The Bertz CT molecular complexity index is 270. The maximum atomic E-state index is 12.2. The molecule has 2 rings (SSSR count). The molecule has 2 nitrogen and oxygen atoms in total. The first-order valence-electron chi connectivity index (χ1n) is 6.91. The summed E-state index contributed by atoms with van der Waals surface area (Å²) in [5.74, 6) is 2.74. The van der Waals surface area contributed by atoms with E-state index in [4.69, 9.17) is 5.73 Å². The lowest BCUT2D eigenvalue weighted by Gasteiger charge is -2.29. The van der Waals surface area contributed by atoms with Crippen LogP contribution < -0.4 is 5.73 Å². The van der Waals surface area contributed by atoms with Gasteiger partial charge < -0.3 is 5.73 Å². The van der Waals surface area contributed by atoms with Gasteiger partial charge in [-0.3, -0.25) is 4.79 Å². The summed E-state index contributed by atoms with van der Waals surface area (Å²) in [7, 11) is 0. The van der Waals surface area contributed by atoms with Crippen LogP contribution in [0.2, 0.25) is 0 Å². The molecule has 2 aliphatic carbocycles. The molecular formula is C14H25NO. The van der Waals surface area contributed by atoms with Gasteiger partial charge in [0.25, 0.3) is 0 Å². The van der Waals surface area contributed by atoms with E-state index in [-0.39, 0.29) is 0 Å². The molecule has 3 atom stereocenters. The molecule has 2 N–H and O–H groups in total. The Balaban J connectivity index is 1.92. The van der Waals surface area contributed by atoms with Gasteiger partial charge in [0.1, 0.15) is 0 Å². The number of ketones is 1. The fourth-order valence-corrected chi connectivity index (χ4v) is 3.71. The minimum atomic E-state index is -0.540. The summed E-state index contributed by atoms with van der Waals surface area (Å²) in [5.41, 5.74) is 5.63. The topological polar surface area (TPSA) is 43.1 Å². The lowest BCUT2D eigenvalue weighted by molar-refractivity contribution is -0.125. The normalized spacial score (nSPS) is 33.3. The lowest BCUT2D eigenvalue weighted by Crippen LogP contribution is -2.47. The van der Waals surface area contributed by atoms with Gasteiger partial charge in [-0.1, -0.05) is 20.3 Å². The van der Waals surface area contributed by atoms with Crippen LogP contribution in [0.3, 0.4) is 0 Å². The zero-order valence-electron chi connectivity index (χ0n) is 10.7. The quantitative estimate of drug-likeness (QED) is 0.778. The molecule has 0 radical (unpaired) electrons. The van der Waals surface area contributed by atoms with Crippen molar-refractivity contribution in [1.82, 2.24) is 0 Å². The van der Waals surface area contributed by atoms with Crippen LogP contribution in [0.5, 0.6) is 0 Å². The van der Waals surface area contributed by atoms with E-state index in [0.717, 1.165) is 31.1 Å². The van der Waals surface area contributed by atoms with Crippen LogP contribution in [-0.2, 0) is 4.79 Å². The van der Waals surface area contributed by atoms with Crippen LogP contribution in [0.4, 0.5) is 0 Å². The largest absolute Gasteiger partial charge is 0.319 e. The third-order valence-corrected chi connectivity index (χ3v) is 5.15. The molecule has 0 spiro atoms. The number of hydrogen-bond donors (Lipinski definition) is 1.